The molecule has 0 bridgehead atoms. The van der Waals surface area contributed by atoms with E-state index in [2.05, 4.69) is 70.6 Å². The molecule has 4 aromatic rings. The van der Waals surface area contributed by atoms with Crippen molar-refractivity contribution >= 4 is 41.0 Å². The number of H-pyrrole nitrogens is 1. The molecule has 3 aromatic carbocycles. The molecule has 0 amide bonds. The molecule has 0 radical (unpaired) electrons. The summed E-state index contributed by atoms with van der Waals surface area (Å²) < 4.78 is 1.33. The summed E-state index contributed by atoms with van der Waals surface area (Å²) in [5.41, 5.74) is 7.97. The van der Waals surface area contributed by atoms with Gasteiger partial charge in [0.15, 0.2) is 0 Å². The highest BCUT2D eigenvalue weighted by atomic mass is 35.5. The van der Waals surface area contributed by atoms with Crippen molar-refractivity contribution in [2.45, 2.75) is 19.4 Å². The highest BCUT2D eigenvalue weighted by molar-refractivity contribution is 5.95. The molecule has 0 saturated carbocycles. The number of hydrogen-bond acceptors (Lipinski definition) is 3. The molecule has 1 fully saturated rings. The molecular formula is C30H28ClN3O2. The van der Waals surface area contributed by atoms with Gasteiger partial charge in [0.1, 0.15) is 0 Å². The fourth-order valence-corrected chi connectivity index (χ4v) is 5.39. The van der Waals surface area contributed by atoms with E-state index in [9.17, 15) is 9.59 Å². The van der Waals surface area contributed by atoms with Crippen LogP contribution < -0.4 is 11.2 Å². The number of aromatic amines is 1. The van der Waals surface area contributed by atoms with Gasteiger partial charge in [-0.3, -0.25) is 9.36 Å². The first-order chi connectivity index (χ1) is 17.2. The number of hydrogen-bond donors (Lipinski definition) is 1. The van der Waals surface area contributed by atoms with Crippen molar-refractivity contribution in [3.63, 3.8) is 0 Å². The molecule has 1 aliphatic heterocycles. The lowest BCUT2D eigenvalue weighted by Crippen LogP contribution is -2.40. The average Bonchev–Trinajstić information content (AvgIpc) is 3.06. The lowest BCUT2D eigenvalue weighted by molar-refractivity contribution is 0.245. The van der Waals surface area contributed by atoms with Crippen molar-refractivity contribution in [3.05, 3.63) is 121 Å². The maximum atomic E-state index is 12.9. The van der Waals surface area contributed by atoms with E-state index in [-0.39, 0.29) is 23.7 Å². The Hall–Kier alpha value is -3.67. The third-order valence-corrected chi connectivity index (χ3v) is 7.25. The van der Waals surface area contributed by atoms with E-state index in [1.165, 1.54) is 38.0 Å². The second-order valence-electron chi connectivity index (χ2n) is 9.26. The number of benzene rings is 3. The van der Waals surface area contributed by atoms with Crippen LogP contribution in [0.3, 0.4) is 0 Å². The Bertz CT molecular complexity index is 1550. The number of aromatic nitrogens is 2. The molecule has 1 saturated heterocycles. The van der Waals surface area contributed by atoms with Gasteiger partial charge < -0.3 is 9.88 Å². The maximum absolute atomic E-state index is 12.9. The number of halogens is 1. The summed E-state index contributed by atoms with van der Waals surface area (Å²) in [5, 5.41) is 0.553. The van der Waals surface area contributed by atoms with Gasteiger partial charge >= 0.3 is 5.69 Å². The van der Waals surface area contributed by atoms with Crippen LogP contribution in [0.4, 0.5) is 0 Å². The maximum Gasteiger partial charge on any atom is 0.328 e. The van der Waals surface area contributed by atoms with Crippen molar-refractivity contribution in [2.24, 2.45) is 0 Å². The minimum atomic E-state index is -0.340. The zero-order valence-electron chi connectivity index (χ0n) is 19.9. The first kappa shape index (κ1) is 24.0. The number of piperidine rings is 1. The Balaban J connectivity index is 0.00000267. The van der Waals surface area contributed by atoms with E-state index in [4.69, 9.17) is 0 Å². The first-order valence-electron chi connectivity index (χ1n) is 12.2. The van der Waals surface area contributed by atoms with Gasteiger partial charge in [0, 0.05) is 26.2 Å². The third-order valence-electron chi connectivity index (χ3n) is 7.25. The van der Waals surface area contributed by atoms with E-state index in [1.807, 2.05) is 12.1 Å². The molecule has 1 aliphatic carbocycles. The summed E-state index contributed by atoms with van der Waals surface area (Å²) in [7, 11) is 0. The molecule has 6 rings (SSSR count). The van der Waals surface area contributed by atoms with Crippen LogP contribution in [-0.2, 0) is 6.54 Å². The molecule has 0 spiro atoms. The SMILES string of the molecule is Cl.O=c1[nH]c2ccccc2c(=O)n1CCN1CCC(=C2c3ccccc3C=Cc3ccccc32)CC1. The minimum Gasteiger partial charge on any atom is -0.307 e. The van der Waals surface area contributed by atoms with Crippen LogP contribution in [0, 0.1) is 0 Å². The molecule has 1 N–H and O–H groups in total. The number of rotatable bonds is 3. The number of likely N-dealkylation sites (tertiary alicyclic amines) is 1. The van der Waals surface area contributed by atoms with Gasteiger partial charge in [-0.2, -0.15) is 0 Å². The van der Waals surface area contributed by atoms with Gasteiger partial charge in [-0.1, -0.05) is 78.4 Å². The van der Waals surface area contributed by atoms with E-state index in [1.54, 1.807) is 12.1 Å². The summed E-state index contributed by atoms with van der Waals surface area (Å²) in [5.74, 6) is 0. The van der Waals surface area contributed by atoms with Crippen LogP contribution >= 0.6 is 12.4 Å². The summed E-state index contributed by atoms with van der Waals surface area (Å²) >= 11 is 0. The smallest absolute Gasteiger partial charge is 0.307 e. The fraction of sp³-hybridized carbons (Fsp3) is 0.200. The average molecular weight is 498 g/mol. The van der Waals surface area contributed by atoms with Crippen LogP contribution in [0.25, 0.3) is 28.6 Å². The Morgan fingerprint density at radius 2 is 1.31 bits per heavy atom. The molecule has 182 valence electrons. The number of nitrogens with one attached hydrogen (secondary N) is 1. The van der Waals surface area contributed by atoms with Gasteiger partial charge in [0.25, 0.3) is 5.56 Å². The molecule has 2 heterocycles. The topological polar surface area (TPSA) is 58.1 Å². The van der Waals surface area contributed by atoms with E-state index in [0.717, 1.165) is 25.9 Å². The highest BCUT2D eigenvalue weighted by Crippen LogP contribution is 2.38. The van der Waals surface area contributed by atoms with Crippen molar-refractivity contribution in [1.29, 1.82) is 0 Å². The van der Waals surface area contributed by atoms with Crippen molar-refractivity contribution in [1.82, 2.24) is 14.5 Å². The summed E-state index contributed by atoms with van der Waals surface area (Å²) in [6.45, 7) is 2.90. The van der Waals surface area contributed by atoms with Crippen LogP contribution in [0.15, 0.2) is 88.0 Å². The van der Waals surface area contributed by atoms with E-state index < -0.39 is 0 Å². The normalized spacial score (nSPS) is 15.2. The third kappa shape index (κ3) is 4.36. The standard InChI is InChI=1S/C30H27N3O2.ClH/c34-29-26-11-5-6-12-27(26)31-30(35)33(29)20-19-32-17-15-23(16-18-32)28-24-9-3-1-7-21(24)13-14-22-8-2-4-10-25(22)28;/h1-14H,15-20H2,(H,31,35);1H. The van der Waals surface area contributed by atoms with Gasteiger partial charge in [0.05, 0.1) is 10.9 Å². The molecule has 0 unspecified atom stereocenters. The fourth-order valence-electron chi connectivity index (χ4n) is 5.39. The van der Waals surface area contributed by atoms with Crippen LogP contribution in [0.1, 0.15) is 35.1 Å². The number of fused-ring (bicyclic) bond motifs is 3. The molecule has 5 nitrogen and oxygen atoms in total. The molecule has 0 atom stereocenters. The largest absolute Gasteiger partial charge is 0.328 e. The summed E-state index contributed by atoms with van der Waals surface area (Å²) in [4.78, 5) is 30.6. The first-order valence-corrected chi connectivity index (χ1v) is 12.2. The van der Waals surface area contributed by atoms with Crippen LogP contribution in [-0.4, -0.2) is 34.1 Å². The Morgan fingerprint density at radius 3 is 1.97 bits per heavy atom. The zero-order valence-corrected chi connectivity index (χ0v) is 20.8. The molecule has 2 aliphatic rings. The predicted octanol–water partition coefficient (Wildman–Crippen LogP) is 5.19. The number of nitrogens with zero attached hydrogens (tertiary/aromatic N) is 2. The zero-order chi connectivity index (χ0) is 23.8. The van der Waals surface area contributed by atoms with Gasteiger partial charge in [-0.15, -0.1) is 12.4 Å². The Kier molecular flexibility index (Phi) is 6.77. The quantitative estimate of drug-likeness (QED) is 0.373. The molecular weight excluding hydrogens is 470 g/mol. The Labute approximate surface area is 215 Å². The van der Waals surface area contributed by atoms with E-state index >= 15 is 0 Å². The molecule has 36 heavy (non-hydrogen) atoms. The second kappa shape index (κ2) is 10.1. The summed E-state index contributed by atoms with van der Waals surface area (Å²) in [6.07, 6.45) is 6.38. The minimum absolute atomic E-state index is 0. The van der Waals surface area contributed by atoms with Gasteiger partial charge in [-0.05, 0) is 52.8 Å². The van der Waals surface area contributed by atoms with Crippen LogP contribution in [0.5, 0.6) is 0 Å². The molecule has 6 heteroatoms. The predicted molar refractivity (Wildman–Crippen MR) is 150 cm³/mol. The second-order valence-corrected chi connectivity index (χ2v) is 9.26. The highest BCUT2D eigenvalue weighted by Gasteiger charge is 2.22. The van der Waals surface area contributed by atoms with Gasteiger partial charge in [-0.25, -0.2) is 4.79 Å². The lowest BCUT2D eigenvalue weighted by atomic mass is 9.86. The van der Waals surface area contributed by atoms with Crippen molar-refractivity contribution in [2.75, 3.05) is 19.6 Å². The number of para-hydroxylation sites is 1. The van der Waals surface area contributed by atoms with Crippen molar-refractivity contribution < 1.29 is 0 Å². The monoisotopic (exact) mass is 497 g/mol. The van der Waals surface area contributed by atoms with Gasteiger partial charge in [0.2, 0.25) is 0 Å². The van der Waals surface area contributed by atoms with Crippen molar-refractivity contribution in [3.8, 4) is 0 Å². The van der Waals surface area contributed by atoms with Crippen LogP contribution in [0.2, 0.25) is 0 Å². The summed E-state index contributed by atoms with van der Waals surface area (Å²) in [6, 6.07) is 24.4. The molecule has 1 aromatic heterocycles. The lowest BCUT2D eigenvalue weighted by Gasteiger charge is -2.30. The van der Waals surface area contributed by atoms with E-state index in [0.29, 0.717) is 24.0 Å². The Morgan fingerprint density at radius 1 is 0.722 bits per heavy atom.